The Kier molecular flexibility index (Phi) is 3.24. The first kappa shape index (κ1) is 16.4. The van der Waals surface area contributed by atoms with Crippen molar-refractivity contribution in [2.24, 2.45) is 29.1 Å². The van der Waals surface area contributed by atoms with Crippen molar-refractivity contribution in [3.63, 3.8) is 0 Å². The number of carbonyl (C=O) groups excluding carboxylic acids is 1. The molecular formula is C18H24O6S. The van der Waals surface area contributed by atoms with Gasteiger partial charge in [-0.15, -0.1) is 0 Å². The Bertz CT molecular complexity index is 758. The van der Waals surface area contributed by atoms with Gasteiger partial charge in [0, 0.05) is 5.92 Å². The molecule has 0 aromatic heterocycles. The van der Waals surface area contributed by atoms with Crippen molar-refractivity contribution in [1.82, 2.24) is 0 Å². The highest BCUT2D eigenvalue weighted by atomic mass is 32.3. The second-order valence-electron chi connectivity index (χ2n) is 8.84. The summed E-state index contributed by atoms with van der Waals surface area (Å²) < 4.78 is 33.6. The number of rotatable bonds is 0. The van der Waals surface area contributed by atoms with E-state index < -0.39 is 16.2 Å². The quantitative estimate of drug-likeness (QED) is 0.704. The lowest BCUT2D eigenvalue weighted by Gasteiger charge is -2.58. The number of fused-ring (bicyclic) bond motifs is 6. The fourth-order valence-electron chi connectivity index (χ4n) is 6.78. The van der Waals surface area contributed by atoms with E-state index in [1.807, 2.05) is 0 Å². The number of carbonyl (C=O) groups is 1. The third-order valence-corrected chi connectivity index (χ3v) is 8.74. The molecule has 1 spiro atoms. The fourth-order valence-corrected chi connectivity index (χ4v) is 7.81. The van der Waals surface area contributed by atoms with Crippen molar-refractivity contribution in [3.05, 3.63) is 11.6 Å². The Balaban J connectivity index is 1.53. The van der Waals surface area contributed by atoms with Gasteiger partial charge < -0.3 is 5.11 Å². The van der Waals surface area contributed by atoms with E-state index in [1.54, 1.807) is 6.08 Å². The highest BCUT2D eigenvalue weighted by Gasteiger charge is 2.66. The van der Waals surface area contributed by atoms with Gasteiger partial charge in [-0.3, -0.25) is 4.79 Å². The van der Waals surface area contributed by atoms with Gasteiger partial charge in [-0.1, -0.05) is 12.5 Å². The second-order valence-corrected chi connectivity index (χ2v) is 9.99. The van der Waals surface area contributed by atoms with Gasteiger partial charge in [0.1, 0.15) is 0 Å². The Morgan fingerprint density at radius 1 is 1.16 bits per heavy atom. The van der Waals surface area contributed by atoms with Crippen molar-refractivity contribution in [2.45, 2.75) is 63.8 Å². The molecule has 3 saturated carbocycles. The molecule has 25 heavy (non-hydrogen) atoms. The van der Waals surface area contributed by atoms with E-state index in [1.165, 1.54) is 0 Å². The summed E-state index contributed by atoms with van der Waals surface area (Å²) in [6.45, 7) is 2.21. The molecule has 1 saturated heterocycles. The minimum absolute atomic E-state index is 0.0197. The Hall–Kier alpha value is -0.760. The molecule has 4 aliphatic carbocycles. The monoisotopic (exact) mass is 368 g/mol. The van der Waals surface area contributed by atoms with Crippen molar-refractivity contribution < 1.29 is 26.7 Å². The Morgan fingerprint density at radius 3 is 2.64 bits per heavy atom. The zero-order chi connectivity index (χ0) is 17.6. The molecule has 0 amide bonds. The Labute approximate surface area is 147 Å². The zero-order valence-corrected chi connectivity index (χ0v) is 15.1. The Morgan fingerprint density at radius 2 is 1.92 bits per heavy atom. The van der Waals surface area contributed by atoms with E-state index in [9.17, 15) is 18.3 Å². The van der Waals surface area contributed by atoms with Crippen molar-refractivity contribution in [2.75, 3.05) is 0 Å². The SMILES string of the molecule is C[C@]12CC[C@@H]3C4C(=CC(=O)CC45OS(=O)(=O)O5)CC[C@H]3[C@@H]1CC[C@@H]2O. The number of hydrogen-bond acceptors (Lipinski definition) is 6. The number of aliphatic hydroxyl groups excluding tert-OH is 1. The first-order valence-corrected chi connectivity index (χ1v) is 10.6. The molecule has 5 rings (SSSR count). The minimum atomic E-state index is -3.96. The molecule has 5 aliphatic rings. The van der Waals surface area contributed by atoms with Crippen LogP contribution in [0.1, 0.15) is 51.9 Å². The third-order valence-electron chi connectivity index (χ3n) is 7.76. The standard InChI is InChI=1S/C18H24O6S/c1-17-7-6-13-12(14(17)4-5-15(17)20)3-2-10-8-11(19)9-18(16(10)13)23-25(21,22)24-18/h8,12-16,20H,2-7,9H2,1H3/t12-,13+,14+,15+,16?,17+/m1/s1. The van der Waals surface area contributed by atoms with Gasteiger partial charge in [0.15, 0.2) is 5.78 Å². The number of ketones is 1. The average Bonchev–Trinajstić information content (AvgIpc) is 2.80. The van der Waals surface area contributed by atoms with Gasteiger partial charge in [-0.05, 0) is 67.8 Å². The molecule has 7 heteroatoms. The van der Waals surface area contributed by atoms with Crippen LogP contribution in [0.5, 0.6) is 0 Å². The van der Waals surface area contributed by atoms with E-state index in [4.69, 9.17) is 8.37 Å². The van der Waals surface area contributed by atoms with Gasteiger partial charge in [0.05, 0.1) is 12.5 Å². The predicted molar refractivity (Wildman–Crippen MR) is 87.3 cm³/mol. The molecule has 0 radical (unpaired) electrons. The van der Waals surface area contributed by atoms with Crippen LogP contribution in [0.25, 0.3) is 0 Å². The van der Waals surface area contributed by atoms with Crippen LogP contribution in [-0.2, 0) is 23.6 Å². The molecule has 1 unspecified atom stereocenters. The summed E-state index contributed by atoms with van der Waals surface area (Å²) in [5, 5.41) is 10.5. The van der Waals surface area contributed by atoms with Gasteiger partial charge in [-0.25, -0.2) is 8.37 Å². The molecule has 1 aliphatic heterocycles. The van der Waals surface area contributed by atoms with Gasteiger partial charge in [-0.2, -0.15) is 8.42 Å². The summed E-state index contributed by atoms with van der Waals surface area (Å²) >= 11 is 0. The second kappa shape index (κ2) is 4.94. The summed E-state index contributed by atoms with van der Waals surface area (Å²) in [6.07, 6.45) is 6.94. The smallest absolute Gasteiger partial charge is 0.393 e. The molecule has 0 aromatic rings. The first-order valence-electron chi connectivity index (χ1n) is 9.32. The molecule has 4 fully saturated rings. The average molecular weight is 368 g/mol. The predicted octanol–water partition coefficient (Wildman–Crippen LogP) is 2.09. The van der Waals surface area contributed by atoms with E-state index in [-0.39, 0.29) is 35.6 Å². The lowest BCUT2D eigenvalue weighted by molar-refractivity contribution is -0.241. The molecule has 6 atom stereocenters. The van der Waals surface area contributed by atoms with E-state index in [0.29, 0.717) is 11.8 Å². The maximum absolute atomic E-state index is 12.1. The summed E-state index contributed by atoms with van der Waals surface area (Å²) in [4.78, 5) is 12.1. The molecule has 138 valence electrons. The van der Waals surface area contributed by atoms with Crippen molar-refractivity contribution in [1.29, 1.82) is 0 Å². The summed E-state index contributed by atoms with van der Waals surface area (Å²) in [5.74, 6) is -0.444. The third kappa shape index (κ3) is 2.13. The van der Waals surface area contributed by atoms with Crippen molar-refractivity contribution in [3.8, 4) is 0 Å². The van der Waals surface area contributed by atoms with Crippen LogP contribution < -0.4 is 0 Å². The fraction of sp³-hybridized carbons (Fsp3) is 0.833. The van der Waals surface area contributed by atoms with Crippen LogP contribution in [-0.4, -0.2) is 31.2 Å². The van der Waals surface area contributed by atoms with Crippen LogP contribution in [0.15, 0.2) is 11.6 Å². The van der Waals surface area contributed by atoms with Crippen LogP contribution in [0.2, 0.25) is 0 Å². The summed E-state index contributed by atoms with van der Waals surface area (Å²) in [5.41, 5.74) is 0.961. The van der Waals surface area contributed by atoms with Crippen molar-refractivity contribution >= 4 is 16.2 Å². The van der Waals surface area contributed by atoms with E-state index >= 15 is 0 Å². The maximum Gasteiger partial charge on any atom is 0.405 e. The van der Waals surface area contributed by atoms with Gasteiger partial charge in [0.25, 0.3) is 0 Å². The lowest BCUT2D eigenvalue weighted by atomic mass is 9.51. The molecule has 1 N–H and O–H groups in total. The van der Waals surface area contributed by atoms with Gasteiger partial charge >= 0.3 is 10.4 Å². The van der Waals surface area contributed by atoms with Crippen LogP contribution in [0, 0.1) is 29.1 Å². The summed E-state index contributed by atoms with van der Waals surface area (Å²) in [7, 11) is -3.96. The molecule has 6 nitrogen and oxygen atoms in total. The van der Waals surface area contributed by atoms with Crippen LogP contribution >= 0.6 is 0 Å². The first-order chi connectivity index (χ1) is 11.7. The normalized spacial score (nSPS) is 49.6. The van der Waals surface area contributed by atoms with Gasteiger partial charge in [0.2, 0.25) is 5.79 Å². The topological polar surface area (TPSA) is 89.9 Å². The number of hydrogen-bond donors (Lipinski definition) is 1. The zero-order valence-electron chi connectivity index (χ0n) is 14.3. The molecule has 0 aromatic carbocycles. The largest absolute Gasteiger partial charge is 0.405 e. The van der Waals surface area contributed by atoms with E-state index in [2.05, 4.69) is 6.92 Å². The maximum atomic E-state index is 12.1. The minimum Gasteiger partial charge on any atom is -0.393 e. The van der Waals surface area contributed by atoms with Crippen LogP contribution in [0.3, 0.4) is 0 Å². The van der Waals surface area contributed by atoms with Crippen LogP contribution in [0.4, 0.5) is 0 Å². The van der Waals surface area contributed by atoms with E-state index in [0.717, 1.165) is 44.1 Å². The molecule has 0 bridgehead atoms. The summed E-state index contributed by atoms with van der Waals surface area (Å²) in [6, 6.07) is 0. The highest BCUT2D eigenvalue weighted by Crippen LogP contribution is 2.64. The lowest BCUT2D eigenvalue weighted by Crippen LogP contribution is -2.63. The molecule has 1 heterocycles. The highest BCUT2D eigenvalue weighted by molar-refractivity contribution is 7.82. The number of aliphatic hydroxyl groups is 1. The molecular weight excluding hydrogens is 344 g/mol.